The van der Waals surface area contributed by atoms with Gasteiger partial charge in [0.05, 0.1) is 37.6 Å². The molecular formula is C21H21ClN4O5S2. The van der Waals surface area contributed by atoms with Gasteiger partial charge in [0.2, 0.25) is 0 Å². The highest BCUT2D eigenvalue weighted by Crippen LogP contribution is 2.28. The van der Waals surface area contributed by atoms with Gasteiger partial charge in [-0.05, 0) is 36.8 Å². The molecule has 0 aliphatic carbocycles. The van der Waals surface area contributed by atoms with Crippen LogP contribution in [0.15, 0.2) is 47.4 Å². The number of carbonyl (C=O) groups excluding carboxylic acids is 2. The zero-order valence-electron chi connectivity index (χ0n) is 17.3. The van der Waals surface area contributed by atoms with Crippen LogP contribution in [0.25, 0.3) is 10.2 Å². The summed E-state index contributed by atoms with van der Waals surface area (Å²) in [6, 6.07) is 10.2. The molecule has 0 bridgehead atoms. The Labute approximate surface area is 199 Å². The van der Waals surface area contributed by atoms with Gasteiger partial charge in [-0.1, -0.05) is 35.1 Å². The maximum Gasteiger partial charge on any atom is 0.327 e. The van der Waals surface area contributed by atoms with Gasteiger partial charge in [-0.2, -0.15) is 0 Å². The third kappa shape index (κ3) is 5.68. The van der Waals surface area contributed by atoms with Gasteiger partial charge in [0.15, 0.2) is 15.0 Å². The average molecular weight is 509 g/mol. The van der Waals surface area contributed by atoms with Crippen molar-refractivity contribution < 1.29 is 23.1 Å². The van der Waals surface area contributed by atoms with E-state index in [9.17, 15) is 23.1 Å². The van der Waals surface area contributed by atoms with E-state index < -0.39 is 27.9 Å². The molecule has 0 radical (unpaired) electrons. The van der Waals surface area contributed by atoms with Crippen molar-refractivity contribution in [3.8, 4) is 0 Å². The lowest BCUT2D eigenvalue weighted by atomic mass is 10.2. The monoisotopic (exact) mass is 508 g/mol. The molecular weight excluding hydrogens is 488 g/mol. The van der Waals surface area contributed by atoms with Crippen molar-refractivity contribution in [1.82, 2.24) is 15.2 Å². The third-order valence-corrected chi connectivity index (χ3v) is 8.16. The number of hydrogen-bond acceptors (Lipinski definition) is 8. The summed E-state index contributed by atoms with van der Waals surface area (Å²) >= 11 is 7.07. The second-order valence-corrected chi connectivity index (χ2v) is 11.1. The van der Waals surface area contributed by atoms with Crippen molar-refractivity contribution in [2.45, 2.75) is 17.4 Å². The minimum absolute atomic E-state index is 0.0539. The third-order valence-electron chi connectivity index (χ3n) is 5.21. The van der Waals surface area contributed by atoms with Crippen LogP contribution in [0, 0.1) is 0 Å². The fraction of sp³-hybridized carbons (Fsp3) is 0.286. The number of hydrogen-bond donors (Lipinski definition) is 3. The molecule has 2 heterocycles. The highest BCUT2D eigenvalue weighted by molar-refractivity contribution is 7.91. The molecule has 9 nitrogen and oxygen atoms in total. The van der Waals surface area contributed by atoms with Crippen LogP contribution in [0.2, 0.25) is 5.02 Å². The smallest absolute Gasteiger partial charge is 0.327 e. The lowest BCUT2D eigenvalue weighted by Crippen LogP contribution is -2.34. The van der Waals surface area contributed by atoms with Crippen LogP contribution in [0.1, 0.15) is 16.8 Å². The number of aliphatic hydroxyl groups excluding tert-OH is 1. The van der Waals surface area contributed by atoms with E-state index in [0.29, 0.717) is 36.3 Å². The lowest BCUT2D eigenvalue weighted by Gasteiger charge is -2.14. The number of fused-ring (bicyclic) bond motifs is 1. The van der Waals surface area contributed by atoms with Gasteiger partial charge in [0.1, 0.15) is 0 Å². The first-order valence-electron chi connectivity index (χ1n) is 10.1. The number of β-amino-alcohol motifs (C(OH)–C–C–N with tert-alkyl or cyclic N) is 1. The maximum absolute atomic E-state index is 12.7. The molecule has 3 N–H and O–H groups in total. The average Bonchev–Trinajstić information content (AvgIpc) is 3.37. The summed E-state index contributed by atoms with van der Waals surface area (Å²) in [7, 11) is -3.52. The summed E-state index contributed by atoms with van der Waals surface area (Å²) in [4.78, 5) is 30.8. The predicted molar refractivity (Wildman–Crippen MR) is 127 cm³/mol. The molecule has 1 saturated heterocycles. The summed E-state index contributed by atoms with van der Waals surface area (Å²) < 4.78 is 26.1. The van der Waals surface area contributed by atoms with Crippen molar-refractivity contribution >= 4 is 60.1 Å². The van der Waals surface area contributed by atoms with Gasteiger partial charge in [-0.15, -0.1) is 0 Å². The number of anilines is 1. The number of amides is 3. The van der Waals surface area contributed by atoms with E-state index >= 15 is 0 Å². The molecule has 4 rings (SSSR count). The Balaban J connectivity index is 1.41. The van der Waals surface area contributed by atoms with Crippen LogP contribution in [0.4, 0.5) is 9.93 Å². The van der Waals surface area contributed by atoms with Gasteiger partial charge < -0.3 is 5.11 Å². The lowest BCUT2D eigenvalue weighted by molar-refractivity contribution is 0.0967. The zero-order chi connectivity index (χ0) is 23.6. The van der Waals surface area contributed by atoms with Crippen LogP contribution in [0.5, 0.6) is 0 Å². The Morgan fingerprint density at radius 3 is 2.76 bits per heavy atom. The zero-order valence-corrected chi connectivity index (χ0v) is 19.7. The van der Waals surface area contributed by atoms with Gasteiger partial charge in [-0.3, -0.25) is 20.3 Å². The van der Waals surface area contributed by atoms with Crippen LogP contribution in [-0.2, 0) is 9.84 Å². The highest BCUT2D eigenvalue weighted by Gasteiger charge is 2.23. The number of benzene rings is 2. The number of likely N-dealkylation sites (tertiary alicyclic amines) is 1. The molecule has 3 amide bonds. The van der Waals surface area contributed by atoms with Crippen molar-refractivity contribution in [3.63, 3.8) is 0 Å². The van der Waals surface area contributed by atoms with E-state index in [1.165, 1.54) is 18.2 Å². The maximum atomic E-state index is 12.7. The first-order chi connectivity index (χ1) is 15.7. The first kappa shape index (κ1) is 23.6. The largest absolute Gasteiger partial charge is 0.392 e. The Morgan fingerprint density at radius 1 is 1.24 bits per heavy atom. The van der Waals surface area contributed by atoms with Crippen LogP contribution in [-0.4, -0.2) is 66.8 Å². The van der Waals surface area contributed by atoms with Gasteiger partial charge >= 0.3 is 6.03 Å². The number of rotatable bonds is 6. The number of aliphatic hydroxyl groups is 1. The molecule has 1 aliphatic heterocycles. The van der Waals surface area contributed by atoms with Crippen molar-refractivity contribution in [2.24, 2.45) is 0 Å². The number of imide groups is 1. The van der Waals surface area contributed by atoms with Crippen LogP contribution >= 0.6 is 22.9 Å². The summed E-state index contributed by atoms with van der Waals surface area (Å²) in [5, 5.41) is 14.7. The number of carbonyl (C=O) groups is 2. The van der Waals surface area contributed by atoms with Crippen molar-refractivity contribution in [2.75, 3.05) is 30.7 Å². The van der Waals surface area contributed by atoms with Crippen LogP contribution in [0.3, 0.4) is 0 Å². The Kier molecular flexibility index (Phi) is 6.96. The summed E-state index contributed by atoms with van der Waals surface area (Å²) in [5.41, 5.74) is 0.686. The molecule has 0 spiro atoms. The SMILES string of the molecule is O=C(NC(=O)c1ccccc1Cl)Nc1nc2ccc(S(=O)(=O)CCN3CCC(O)C3)cc2s1. The second-order valence-electron chi connectivity index (χ2n) is 7.60. The molecule has 33 heavy (non-hydrogen) atoms. The molecule has 2 aromatic carbocycles. The van der Waals surface area contributed by atoms with E-state index in [1.54, 1.807) is 24.3 Å². The molecule has 174 valence electrons. The second kappa shape index (κ2) is 9.74. The normalized spacial score (nSPS) is 16.7. The number of sulfone groups is 1. The highest BCUT2D eigenvalue weighted by atomic mass is 35.5. The minimum Gasteiger partial charge on any atom is -0.392 e. The summed E-state index contributed by atoms with van der Waals surface area (Å²) in [6.45, 7) is 1.52. The van der Waals surface area contributed by atoms with Gasteiger partial charge in [-0.25, -0.2) is 18.2 Å². The van der Waals surface area contributed by atoms with E-state index in [4.69, 9.17) is 11.6 Å². The number of nitrogens with one attached hydrogen (secondary N) is 2. The topological polar surface area (TPSA) is 129 Å². The number of aromatic nitrogens is 1. The quantitative estimate of drug-likeness (QED) is 0.467. The van der Waals surface area contributed by atoms with E-state index in [-0.39, 0.29) is 26.4 Å². The molecule has 12 heteroatoms. The molecule has 1 aromatic heterocycles. The Bertz CT molecular complexity index is 1310. The summed E-state index contributed by atoms with van der Waals surface area (Å²) in [6.07, 6.45) is 0.254. The van der Waals surface area contributed by atoms with E-state index in [2.05, 4.69) is 15.6 Å². The molecule has 0 saturated carbocycles. The Hall–Kier alpha value is -2.57. The molecule has 3 aromatic rings. The fourth-order valence-electron chi connectivity index (χ4n) is 3.48. The molecule has 1 atom stereocenters. The predicted octanol–water partition coefficient (Wildman–Crippen LogP) is 2.75. The van der Waals surface area contributed by atoms with E-state index in [1.807, 2.05) is 4.90 Å². The minimum atomic E-state index is -3.52. The van der Waals surface area contributed by atoms with Crippen LogP contribution < -0.4 is 10.6 Å². The van der Waals surface area contributed by atoms with Gasteiger partial charge in [0.25, 0.3) is 5.91 Å². The number of nitrogens with zero attached hydrogens (tertiary/aromatic N) is 2. The molecule has 1 aliphatic rings. The molecule has 1 fully saturated rings. The first-order valence-corrected chi connectivity index (χ1v) is 13.0. The number of halogens is 1. The number of thiazole rings is 1. The van der Waals surface area contributed by atoms with Crippen molar-refractivity contribution in [1.29, 1.82) is 0 Å². The van der Waals surface area contributed by atoms with Gasteiger partial charge in [0, 0.05) is 19.6 Å². The van der Waals surface area contributed by atoms with E-state index in [0.717, 1.165) is 11.3 Å². The fourth-order valence-corrected chi connectivity index (χ4v) is 5.98. The van der Waals surface area contributed by atoms with Crippen molar-refractivity contribution in [3.05, 3.63) is 53.1 Å². The molecule has 1 unspecified atom stereocenters. The standard InChI is InChI=1S/C21H21ClN4O5S2/c22-16-4-2-1-3-15(16)19(28)24-20(29)25-21-23-17-6-5-14(11-18(17)32-21)33(30,31)10-9-26-8-7-13(27)12-26/h1-6,11,13,27H,7-10,12H2,(H2,23,24,25,28,29). The number of urea groups is 1. The summed E-state index contributed by atoms with van der Waals surface area (Å²) in [5.74, 6) is -0.708. The Morgan fingerprint density at radius 2 is 2.03 bits per heavy atom.